The van der Waals surface area contributed by atoms with Crippen LogP contribution in [-0.2, 0) is 14.3 Å². The highest BCUT2D eigenvalue weighted by Gasteiger charge is 2.09. The normalized spacial score (nSPS) is 9.96. The molecule has 0 aromatic heterocycles. The van der Waals surface area contributed by atoms with Crippen molar-refractivity contribution in [1.82, 2.24) is 0 Å². The van der Waals surface area contributed by atoms with Crippen molar-refractivity contribution in [3.05, 3.63) is 0 Å². The van der Waals surface area contributed by atoms with Crippen LogP contribution >= 0.6 is 0 Å². The fourth-order valence-corrected chi connectivity index (χ4v) is 1.89. The van der Waals surface area contributed by atoms with E-state index in [4.69, 9.17) is 14.6 Å². The van der Waals surface area contributed by atoms with E-state index in [2.05, 4.69) is 37.5 Å². The van der Waals surface area contributed by atoms with Gasteiger partial charge in [0.2, 0.25) is 0 Å². The Hall–Kier alpha value is -1.49. The monoisotopic (exact) mass is 336 g/mol. The Balaban J connectivity index is 4.02. The van der Waals surface area contributed by atoms with E-state index in [0.717, 1.165) is 32.1 Å². The zero-order valence-corrected chi connectivity index (χ0v) is 15.2. The van der Waals surface area contributed by atoms with Gasteiger partial charge in [0.15, 0.2) is 6.29 Å². The van der Waals surface area contributed by atoms with Gasteiger partial charge in [0, 0.05) is 32.1 Å². The van der Waals surface area contributed by atoms with E-state index in [1.165, 1.54) is 0 Å². The summed E-state index contributed by atoms with van der Waals surface area (Å²) in [6.07, 6.45) is 7.42. The highest BCUT2D eigenvalue weighted by molar-refractivity contribution is 5.66. The molecule has 0 amide bonds. The van der Waals surface area contributed by atoms with Gasteiger partial charge in [-0.3, -0.25) is 4.79 Å². The molecular formula is C20H32O4. The fraction of sp³-hybridized carbons (Fsp3) is 0.750. The van der Waals surface area contributed by atoms with Crippen LogP contribution in [0.4, 0.5) is 0 Å². The second-order valence-corrected chi connectivity index (χ2v) is 5.52. The lowest BCUT2D eigenvalue weighted by atomic mass is 10.2. The Morgan fingerprint density at radius 3 is 1.83 bits per heavy atom. The molecule has 1 N–H and O–H groups in total. The molecule has 4 nitrogen and oxygen atoms in total. The Morgan fingerprint density at radius 2 is 1.38 bits per heavy atom. The maximum absolute atomic E-state index is 10.5. The average Bonchev–Trinajstić information content (AvgIpc) is 2.56. The SMILES string of the molecule is CCCC#CCCOC(CCCCC(=O)O)OCCC#CCCC. The summed E-state index contributed by atoms with van der Waals surface area (Å²) in [6, 6.07) is 0. The van der Waals surface area contributed by atoms with E-state index < -0.39 is 5.97 Å². The molecule has 136 valence electrons. The summed E-state index contributed by atoms with van der Waals surface area (Å²) in [6.45, 7) is 5.30. The summed E-state index contributed by atoms with van der Waals surface area (Å²) in [5.74, 6) is 11.6. The largest absolute Gasteiger partial charge is 0.481 e. The number of unbranched alkanes of at least 4 members (excludes halogenated alkanes) is 3. The number of rotatable bonds is 13. The first-order valence-corrected chi connectivity index (χ1v) is 9.07. The topological polar surface area (TPSA) is 55.8 Å². The molecular weight excluding hydrogens is 304 g/mol. The highest BCUT2D eigenvalue weighted by Crippen LogP contribution is 2.09. The van der Waals surface area contributed by atoms with Crippen molar-refractivity contribution in [2.24, 2.45) is 0 Å². The quantitative estimate of drug-likeness (QED) is 0.308. The van der Waals surface area contributed by atoms with Crippen LogP contribution in [0, 0.1) is 23.7 Å². The van der Waals surface area contributed by atoms with E-state index >= 15 is 0 Å². The summed E-state index contributed by atoms with van der Waals surface area (Å²) in [5, 5.41) is 8.67. The molecule has 0 heterocycles. The third kappa shape index (κ3) is 16.9. The third-order valence-corrected chi connectivity index (χ3v) is 3.14. The van der Waals surface area contributed by atoms with Crippen LogP contribution < -0.4 is 0 Å². The van der Waals surface area contributed by atoms with Gasteiger partial charge in [-0.05, 0) is 32.1 Å². The second-order valence-electron chi connectivity index (χ2n) is 5.52. The van der Waals surface area contributed by atoms with E-state index in [1.54, 1.807) is 0 Å². The fourth-order valence-electron chi connectivity index (χ4n) is 1.89. The van der Waals surface area contributed by atoms with E-state index in [-0.39, 0.29) is 12.7 Å². The second kappa shape index (κ2) is 17.9. The molecule has 0 rings (SSSR count). The Labute approximate surface area is 147 Å². The Kier molecular flexibility index (Phi) is 16.7. The van der Waals surface area contributed by atoms with Gasteiger partial charge in [0.1, 0.15) is 0 Å². The van der Waals surface area contributed by atoms with Crippen LogP contribution in [-0.4, -0.2) is 30.6 Å². The molecule has 0 bridgehead atoms. The van der Waals surface area contributed by atoms with Gasteiger partial charge in [0.05, 0.1) is 13.2 Å². The van der Waals surface area contributed by atoms with E-state index in [9.17, 15) is 4.79 Å². The van der Waals surface area contributed by atoms with Gasteiger partial charge >= 0.3 is 5.97 Å². The molecule has 0 radical (unpaired) electrons. The van der Waals surface area contributed by atoms with Gasteiger partial charge in [-0.1, -0.05) is 13.8 Å². The van der Waals surface area contributed by atoms with Crippen molar-refractivity contribution in [2.45, 2.75) is 84.3 Å². The average molecular weight is 336 g/mol. The minimum absolute atomic E-state index is 0.192. The number of ether oxygens (including phenoxy) is 2. The predicted molar refractivity (Wildman–Crippen MR) is 96.4 cm³/mol. The lowest BCUT2D eigenvalue weighted by Crippen LogP contribution is -2.18. The van der Waals surface area contributed by atoms with Crippen LogP contribution in [0.1, 0.15) is 78.1 Å². The van der Waals surface area contributed by atoms with Crippen molar-refractivity contribution in [3.8, 4) is 23.7 Å². The molecule has 0 aliphatic carbocycles. The minimum atomic E-state index is -0.759. The van der Waals surface area contributed by atoms with Crippen molar-refractivity contribution in [2.75, 3.05) is 13.2 Å². The van der Waals surface area contributed by atoms with Gasteiger partial charge in [-0.15, -0.1) is 23.7 Å². The van der Waals surface area contributed by atoms with Crippen molar-refractivity contribution >= 4 is 5.97 Å². The van der Waals surface area contributed by atoms with Crippen LogP contribution in [0.3, 0.4) is 0 Å². The number of carboxylic acid groups (broad SMARTS) is 1. The van der Waals surface area contributed by atoms with Gasteiger partial charge in [-0.25, -0.2) is 0 Å². The summed E-state index contributed by atoms with van der Waals surface area (Å²) in [5.41, 5.74) is 0. The first-order valence-electron chi connectivity index (χ1n) is 9.07. The Bertz CT molecular complexity index is 392. The lowest BCUT2D eigenvalue weighted by Gasteiger charge is -2.17. The summed E-state index contributed by atoms with van der Waals surface area (Å²) in [7, 11) is 0. The number of hydrogen-bond donors (Lipinski definition) is 1. The molecule has 0 fully saturated rings. The molecule has 0 saturated heterocycles. The molecule has 4 heteroatoms. The van der Waals surface area contributed by atoms with Crippen molar-refractivity contribution in [1.29, 1.82) is 0 Å². The standard InChI is InChI=1S/C20H32O4/c1-3-5-7-9-13-17-23-20(16-12-11-15-19(21)22)24-18-14-10-8-6-4-2/h20H,3-6,11-18H2,1-2H3,(H,21,22). The number of carbonyl (C=O) groups is 1. The molecule has 0 aliphatic rings. The van der Waals surface area contributed by atoms with E-state index in [1.807, 2.05) is 0 Å². The molecule has 0 atom stereocenters. The van der Waals surface area contributed by atoms with Crippen LogP contribution in [0.5, 0.6) is 0 Å². The molecule has 0 saturated carbocycles. The van der Waals surface area contributed by atoms with E-state index in [0.29, 0.717) is 38.9 Å². The summed E-state index contributed by atoms with van der Waals surface area (Å²) >= 11 is 0. The number of carboxylic acids is 1. The van der Waals surface area contributed by atoms with Crippen LogP contribution in [0.2, 0.25) is 0 Å². The van der Waals surface area contributed by atoms with Crippen molar-refractivity contribution in [3.63, 3.8) is 0 Å². The molecule has 0 unspecified atom stereocenters. The maximum atomic E-state index is 10.5. The lowest BCUT2D eigenvalue weighted by molar-refractivity contribution is -0.145. The van der Waals surface area contributed by atoms with Crippen LogP contribution in [0.15, 0.2) is 0 Å². The highest BCUT2D eigenvalue weighted by atomic mass is 16.7. The summed E-state index contributed by atoms with van der Waals surface area (Å²) in [4.78, 5) is 10.5. The van der Waals surface area contributed by atoms with Crippen LogP contribution in [0.25, 0.3) is 0 Å². The predicted octanol–water partition coefficient (Wildman–Crippen LogP) is 4.38. The first-order chi connectivity index (χ1) is 11.7. The molecule has 0 spiro atoms. The zero-order valence-electron chi connectivity index (χ0n) is 15.2. The van der Waals surface area contributed by atoms with Crippen molar-refractivity contribution < 1.29 is 19.4 Å². The maximum Gasteiger partial charge on any atom is 0.303 e. The Morgan fingerprint density at radius 1 is 0.875 bits per heavy atom. The zero-order chi connectivity index (χ0) is 17.9. The smallest absolute Gasteiger partial charge is 0.303 e. The molecule has 0 aromatic rings. The van der Waals surface area contributed by atoms with Gasteiger partial charge in [0.25, 0.3) is 0 Å². The number of aliphatic carboxylic acids is 1. The first kappa shape index (κ1) is 22.5. The van der Waals surface area contributed by atoms with Gasteiger partial charge < -0.3 is 14.6 Å². The minimum Gasteiger partial charge on any atom is -0.481 e. The molecule has 0 aromatic carbocycles. The number of hydrogen-bond acceptors (Lipinski definition) is 3. The molecule has 0 aliphatic heterocycles. The third-order valence-electron chi connectivity index (χ3n) is 3.14. The summed E-state index contributed by atoms with van der Waals surface area (Å²) < 4.78 is 11.5. The molecule has 24 heavy (non-hydrogen) atoms. The van der Waals surface area contributed by atoms with Gasteiger partial charge in [-0.2, -0.15) is 0 Å².